The summed E-state index contributed by atoms with van der Waals surface area (Å²) in [6.45, 7) is 3.81. The Hall–Kier alpha value is -0.940. The Labute approximate surface area is 114 Å². The lowest BCUT2D eigenvalue weighted by atomic mass is 9.80. The van der Waals surface area contributed by atoms with Crippen LogP contribution in [0.4, 0.5) is 0 Å². The molecule has 2 aliphatic carbocycles. The van der Waals surface area contributed by atoms with Crippen LogP contribution in [0.3, 0.4) is 0 Å². The van der Waals surface area contributed by atoms with Gasteiger partial charge in [0.1, 0.15) is 0 Å². The van der Waals surface area contributed by atoms with Gasteiger partial charge in [0.25, 0.3) is 0 Å². The van der Waals surface area contributed by atoms with E-state index in [-0.39, 0.29) is 0 Å². The van der Waals surface area contributed by atoms with Gasteiger partial charge in [-0.2, -0.15) is 0 Å². The summed E-state index contributed by atoms with van der Waals surface area (Å²) in [5.41, 5.74) is 0. The Bertz CT molecular complexity index is 397. The van der Waals surface area contributed by atoms with Crippen molar-refractivity contribution in [2.24, 2.45) is 5.92 Å². The predicted molar refractivity (Wildman–Crippen MR) is 70.9 cm³/mol. The first kappa shape index (κ1) is 13.1. The molecule has 2 saturated carbocycles. The van der Waals surface area contributed by atoms with E-state index < -0.39 is 0 Å². The molecule has 0 radical (unpaired) electrons. The van der Waals surface area contributed by atoms with Crippen molar-refractivity contribution < 1.29 is 9.15 Å². The molecule has 1 heterocycles. The topological polar surface area (TPSA) is 60.2 Å². The Kier molecular flexibility index (Phi) is 4.13. The van der Waals surface area contributed by atoms with Crippen molar-refractivity contribution in [3.63, 3.8) is 0 Å². The quantitative estimate of drug-likeness (QED) is 0.775. The number of nitrogens with zero attached hydrogens (tertiary/aromatic N) is 2. The van der Waals surface area contributed by atoms with E-state index in [0.717, 1.165) is 56.7 Å². The van der Waals surface area contributed by atoms with Crippen LogP contribution in [0.5, 0.6) is 0 Å². The summed E-state index contributed by atoms with van der Waals surface area (Å²) in [6.07, 6.45) is 7.11. The minimum Gasteiger partial charge on any atom is -0.425 e. The normalized spacial score (nSPS) is 26.4. The molecule has 0 saturated heterocycles. The Balaban J connectivity index is 1.36. The third kappa shape index (κ3) is 3.76. The van der Waals surface area contributed by atoms with Crippen LogP contribution in [0.15, 0.2) is 4.42 Å². The third-order valence-corrected chi connectivity index (χ3v) is 3.92. The maximum atomic E-state index is 5.68. The Morgan fingerprint density at radius 1 is 1.26 bits per heavy atom. The van der Waals surface area contributed by atoms with Gasteiger partial charge in [-0.1, -0.05) is 0 Å². The molecule has 0 aromatic carbocycles. The van der Waals surface area contributed by atoms with Gasteiger partial charge in [-0.05, 0) is 38.5 Å². The van der Waals surface area contributed by atoms with Gasteiger partial charge in [-0.15, -0.1) is 10.2 Å². The van der Waals surface area contributed by atoms with E-state index in [4.69, 9.17) is 9.15 Å². The molecule has 0 spiro atoms. The van der Waals surface area contributed by atoms with E-state index in [2.05, 4.69) is 15.5 Å². The summed E-state index contributed by atoms with van der Waals surface area (Å²) in [6, 6.07) is 0.743. The van der Waals surface area contributed by atoms with Crippen LogP contribution in [-0.2, 0) is 17.6 Å². The second-order valence-electron chi connectivity index (χ2n) is 5.69. The van der Waals surface area contributed by atoms with E-state index in [9.17, 15) is 0 Å². The zero-order chi connectivity index (χ0) is 13.1. The summed E-state index contributed by atoms with van der Waals surface area (Å²) in [4.78, 5) is 0. The molecular weight excluding hydrogens is 242 g/mol. The molecule has 0 bridgehead atoms. The van der Waals surface area contributed by atoms with Crippen molar-refractivity contribution in [1.29, 1.82) is 0 Å². The van der Waals surface area contributed by atoms with E-state index in [1.807, 2.05) is 6.92 Å². The van der Waals surface area contributed by atoms with Crippen LogP contribution in [0.1, 0.15) is 44.4 Å². The number of hydrogen-bond donors (Lipinski definition) is 1. The standard InChI is InChI=1S/C14H23N3O2/c1-2-18-12-7-10(8-12)9-14-17-16-13(19-14)5-6-15-11-3-4-11/h10-12,15H,2-9H2,1H3. The van der Waals surface area contributed by atoms with Crippen LogP contribution in [0, 0.1) is 5.92 Å². The molecule has 106 valence electrons. The SMILES string of the molecule is CCOC1CC(Cc2nnc(CCNC3CC3)o2)C1. The van der Waals surface area contributed by atoms with Crippen LogP contribution in [0.2, 0.25) is 0 Å². The fraction of sp³-hybridized carbons (Fsp3) is 0.857. The van der Waals surface area contributed by atoms with E-state index in [0.29, 0.717) is 12.0 Å². The average Bonchev–Trinajstić information content (AvgIpc) is 3.06. The first-order valence-electron chi connectivity index (χ1n) is 7.49. The second kappa shape index (κ2) is 6.01. The molecule has 2 fully saturated rings. The number of nitrogens with one attached hydrogen (secondary N) is 1. The van der Waals surface area contributed by atoms with Crippen molar-refractivity contribution in [2.75, 3.05) is 13.2 Å². The second-order valence-corrected chi connectivity index (χ2v) is 5.69. The summed E-state index contributed by atoms with van der Waals surface area (Å²) in [5.74, 6) is 2.22. The lowest BCUT2D eigenvalue weighted by Crippen LogP contribution is -2.32. The fourth-order valence-corrected chi connectivity index (χ4v) is 2.60. The van der Waals surface area contributed by atoms with Crippen molar-refractivity contribution >= 4 is 0 Å². The molecule has 2 aliphatic rings. The molecule has 1 aromatic rings. The highest BCUT2D eigenvalue weighted by molar-refractivity contribution is 4.91. The monoisotopic (exact) mass is 265 g/mol. The molecule has 0 aliphatic heterocycles. The van der Waals surface area contributed by atoms with Gasteiger partial charge in [-0.3, -0.25) is 0 Å². The van der Waals surface area contributed by atoms with Gasteiger partial charge < -0.3 is 14.5 Å². The maximum Gasteiger partial charge on any atom is 0.217 e. The lowest BCUT2D eigenvalue weighted by Gasteiger charge is -2.33. The zero-order valence-corrected chi connectivity index (χ0v) is 11.6. The minimum atomic E-state index is 0.458. The highest BCUT2D eigenvalue weighted by Gasteiger charge is 2.30. The minimum absolute atomic E-state index is 0.458. The number of hydrogen-bond acceptors (Lipinski definition) is 5. The van der Waals surface area contributed by atoms with Crippen molar-refractivity contribution in [1.82, 2.24) is 15.5 Å². The number of ether oxygens (including phenoxy) is 1. The molecule has 5 nitrogen and oxygen atoms in total. The molecule has 3 rings (SSSR count). The summed E-state index contributed by atoms with van der Waals surface area (Å²) in [7, 11) is 0. The molecule has 1 aromatic heterocycles. The predicted octanol–water partition coefficient (Wildman–Crippen LogP) is 1.72. The number of aromatic nitrogens is 2. The van der Waals surface area contributed by atoms with Crippen LogP contribution in [-0.4, -0.2) is 35.5 Å². The van der Waals surface area contributed by atoms with Gasteiger partial charge in [0.05, 0.1) is 6.10 Å². The molecule has 5 heteroatoms. The Morgan fingerprint density at radius 3 is 2.79 bits per heavy atom. The molecule has 0 atom stereocenters. The fourth-order valence-electron chi connectivity index (χ4n) is 2.60. The lowest BCUT2D eigenvalue weighted by molar-refractivity contribution is -0.0255. The van der Waals surface area contributed by atoms with Crippen molar-refractivity contribution in [2.45, 2.75) is 57.6 Å². The molecular formula is C14H23N3O2. The van der Waals surface area contributed by atoms with Gasteiger partial charge in [0, 0.05) is 32.0 Å². The van der Waals surface area contributed by atoms with Crippen molar-refractivity contribution in [3.8, 4) is 0 Å². The van der Waals surface area contributed by atoms with E-state index in [1.54, 1.807) is 0 Å². The summed E-state index contributed by atoms with van der Waals surface area (Å²) >= 11 is 0. The van der Waals surface area contributed by atoms with E-state index in [1.165, 1.54) is 12.8 Å². The summed E-state index contributed by atoms with van der Waals surface area (Å²) < 4.78 is 11.2. The van der Waals surface area contributed by atoms with Gasteiger partial charge >= 0.3 is 0 Å². The number of rotatable bonds is 8. The van der Waals surface area contributed by atoms with Gasteiger partial charge in [0.15, 0.2) is 0 Å². The first-order valence-corrected chi connectivity index (χ1v) is 7.49. The maximum absolute atomic E-state index is 5.68. The highest BCUT2D eigenvalue weighted by Crippen LogP contribution is 2.32. The van der Waals surface area contributed by atoms with Gasteiger partial charge in [0.2, 0.25) is 11.8 Å². The molecule has 1 N–H and O–H groups in total. The van der Waals surface area contributed by atoms with Crippen LogP contribution < -0.4 is 5.32 Å². The van der Waals surface area contributed by atoms with Crippen LogP contribution in [0.25, 0.3) is 0 Å². The Morgan fingerprint density at radius 2 is 2.05 bits per heavy atom. The van der Waals surface area contributed by atoms with Crippen LogP contribution >= 0.6 is 0 Å². The molecule has 19 heavy (non-hydrogen) atoms. The highest BCUT2D eigenvalue weighted by atomic mass is 16.5. The molecule has 0 unspecified atom stereocenters. The smallest absolute Gasteiger partial charge is 0.217 e. The zero-order valence-electron chi connectivity index (χ0n) is 11.6. The third-order valence-electron chi connectivity index (χ3n) is 3.92. The van der Waals surface area contributed by atoms with Crippen molar-refractivity contribution in [3.05, 3.63) is 11.8 Å². The van der Waals surface area contributed by atoms with E-state index >= 15 is 0 Å². The molecule has 0 amide bonds. The van der Waals surface area contributed by atoms with Gasteiger partial charge in [-0.25, -0.2) is 0 Å². The average molecular weight is 265 g/mol. The first-order chi connectivity index (χ1) is 9.33. The largest absolute Gasteiger partial charge is 0.425 e. The summed E-state index contributed by atoms with van der Waals surface area (Å²) in [5, 5.41) is 11.7.